The molecule has 0 fully saturated rings. The first kappa shape index (κ1) is 12.4. The highest BCUT2D eigenvalue weighted by atomic mass is 15.2. The van der Waals surface area contributed by atoms with Crippen LogP contribution in [0.1, 0.15) is 12.5 Å². The Kier molecular flexibility index (Phi) is 4.02. The van der Waals surface area contributed by atoms with Crippen molar-refractivity contribution in [1.29, 1.82) is 0 Å². The monoisotopic (exact) mass is 233 g/mol. The lowest BCUT2D eigenvalue weighted by molar-refractivity contribution is 0.409. The molecule has 0 saturated carbocycles. The number of fused-ring (bicyclic) bond motifs is 1. The Hall–Kier alpha value is -1.06. The molecule has 1 heterocycles. The van der Waals surface area contributed by atoms with Crippen molar-refractivity contribution in [2.24, 2.45) is 0 Å². The number of para-hydroxylation sites is 1. The van der Waals surface area contributed by atoms with Crippen molar-refractivity contribution < 1.29 is 0 Å². The highest BCUT2D eigenvalue weighted by molar-refractivity contribution is 5.54. The van der Waals surface area contributed by atoms with Gasteiger partial charge in [0, 0.05) is 37.9 Å². The van der Waals surface area contributed by atoms with Gasteiger partial charge in [-0.25, -0.2) is 0 Å². The first-order valence-electron chi connectivity index (χ1n) is 6.38. The van der Waals surface area contributed by atoms with E-state index in [0.717, 1.165) is 26.2 Å². The molecule has 3 heteroatoms. The van der Waals surface area contributed by atoms with Crippen LogP contribution in [0, 0.1) is 0 Å². The van der Waals surface area contributed by atoms with Gasteiger partial charge in [-0.05, 0) is 32.6 Å². The molecule has 1 aromatic rings. The Labute approximate surface area is 104 Å². The summed E-state index contributed by atoms with van der Waals surface area (Å²) in [6, 6.07) is 9.27. The summed E-state index contributed by atoms with van der Waals surface area (Å²) in [6.45, 7) is 6.52. The fourth-order valence-electron chi connectivity index (χ4n) is 2.28. The standard InChI is InChI=1S/C14H23N3/c1-12-11-17(9-8-16(2)3)14-7-5-4-6-13(14)10-15-12/h4-7,12,15H,8-11H2,1-3H3. The minimum atomic E-state index is 0.546. The van der Waals surface area contributed by atoms with Crippen molar-refractivity contribution in [2.45, 2.75) is 19.5 Å². The summed E-state index contributed by atoms with van der Waals surface area (Å²) < 4.78 is 0. The molecule has 0 spiro atoms. The van der Waals surface area contributed by atoms with Gasteiger partial charge in [0.1, 0.15) is 0 Å². The molecule has 0 aromatic heterocycles. The SMILES string of the molecule is CC1CN(CCN(C)C)c2ccccc2CN1. The van der Waals surface area contributed by atoms with Crippen molar-refractivity contribution in [1.82, 2.24) is 10.2 Å². The van der Waals surface area contributed by atoms with E-state index in [2.05, 4.69) is 60.4 Å². The van der Waals surface area contributed by atoms with Crippen LogP contribution in [-0.4, -0.2) is 44.7 Å². The van der Waals surface area contributed by atoms with Gasteiger partial charge in [0.2, 0.25) is 0 Å². The van der Waals surface area contributed by atoms with E-state index in [0.29, 0.717) is 6.04 Å². The molecule has 0 radical (unpaired) electrons. The van der Waals surface area contributed by atoms with Crippen LogP contribution < -0.4 is 10.2 Å². The van der Waals surface area contributed by atoms with Gasteiger partial charge in [-0.1, -0.05) is 18.2 Å². The highest BCUT2D eigenvalue weighted by Gasteiger charge is 2.18. The van der Waals surface area contributed by atoms with Gasteiger partial charge >= 0.3 is 0 Å². The molecule has 94 valence electrons. The van der Waals surface area contributed by atoms with Crippen LogP contribution in [0.3, 0.4) is 0 Å². The minimum absolute atomic E-state index is 0.546. The molecule has 1 aromatic carbocycles. The van der Waals surface area contributed by atoms with Crippen LogP contribution in [0.4, 0.5) is 5.69 Å². The summed E-state index contributed by atoms with van der Waals surface area (Å²) in [5.74, 6) is 0. The summed E-state index contributed by atoms with van der Waals surface area (Å²) in [6.07, 6.45) is 0. The van der Waals surface area contributed by atoms with Gasteiger partial charge in [-0.2, -0.15) is 0 Å². The number of hydrogen-bond donors (Lipinski definition) is 1. The molecule has 2 rings (SSSR count). The van der Waals surface area contributed by atoms with Gasteiger partial charge in [0.25, 0.3) is 0 Å². The van der Waals surface area contributed by atoms with Crippen molar-refractivity contribution >= 4 is 5.69 Å². The highest BCUT2D eigenvalue weighted by Crippen LogP contribution is 2.22. The zero-order valence-electron chi connectivity index (χ0n) is 11.1. The van der Waals surface area contributed by atoms with Crippen molar-refractivity contribution in [3.05, 3.63) is 29.8 Å². The van der Waals surface area contributed by atoms with E-state index in [9.17, 15) is 0 Å². The second-order valence-electron chi connectivity index (χ2n) is 5.16. The second-order valence-corrected chi connectivity index (χ2v) is 5.16. The first-order chi connectivity index (χ1) is 8.16. The summed E-state index contributed by atoms with van der Waals surface area (Å²) in [4.78, 5) is 4.74. The van der Waals surface area contributed by atoms with Crippen LogP contribution in [0.5, 0.6) is 0 Å². The number of anilines is 1. The molecule has 1 aliphatic heterocycles. The Balaban J connectivity index is 2.17. The number of nitrogens with one attached hydrogen (secondary N) is 1. The zero-order valence-corrected chi connectivity index (χ0v) is 11.1. The van der Waals surface area contributed by atoms with Crippen LogP contribution in [0.2, 0.25) is 0 Å². The lowest BCUT2D eigenvalue weighted by Gasteiger charge is -2.27. The number of benzene rings is 1. The summed E-state index contributed by atoms with van der Waals surface area (Å²) in [7, 11) is 4.26. The quantitative estimate of drug-likeness (QED) is 0.854. The molecule has 3 nitrogen and oxygen atoms in total. The fourth-order valence-corrected chi connectivity index (χ4v) is 2.28. The van der Waals surface area contributed by atoms with Crippen LogP contribution in [0.25, 0.3) is 0 Å². The number of rotatable bonds is 3. The van der Waals surface area contributed by atoms with Gasteiger partial charge < -0.3 is 15.1 Å². The van der Waals surface area contributed by atoms with E-state index in [1.165, 1.54) is 11.3 Å². The van der Waals surface area contributed by atoms with E-state index in [1.54, 1.807) is 0 Å². The van der Waals surface area contributed by atoms with E-state index in [4.69, 9.17) is 0 Å². The van der Waals surface area contributed by atoms with Gasteiger partial charge in [0.15, 0.2) is 0 Å². The van der Waals surface area contributed by atoms with E-state index in [1.807, 2.05) is 0 Å². The molecular formula is C14H23N3. The Morgan fingerprint density at radius 2 is 2.12 bits per heavy atom. The summed E-state index contributed by atoms with van der Waals surface area (Å²) in [5, 5.41) is 3.56. The average molecular weight is 233 g/mol. The molecule has 0 amide bonds. The third kappa shape index (κ3) is 3.20. The Morgan fingerprint density at radius 3 is 2.88 bits per heavy atom. The maximum absolute atomic E-state index is 3.56. The smallest absolute Gasteiger partial charge is 0.0412 e. The minimum Gasteiger partial charge on any atom is -0.368 e. The predicted octanol–water partition coefficient (Wildman–Crippen LogP) is 1.55. The van der Waals surface area contributed by atoms with Crippen molar-refractivity contribution in [2.75, 3.05) is 38.6 Å². The van der Waals surface area contributed by atoms with Gasteiger partial charge in [-0.3, -0.25) is 0 Å². The molecule has 0 aliphatic carbocycles. The topological polar surface area (TPSA) is 18.5 Å². The van der Waals surface area contributed by atoms with E-state index in [-0.39, 0.29) is 0 Å². The number of hydrogen-bond acceptors (Lipinski definition) is 3. The molecule has 1 N–H and O–H groups in total. The normalized spacial score (nSPS) is 20.2. The summed E-state index contributed by atoms with van der Waals surface area (Å²) in [5.41, 5.74) is 2.81. The zero-order chi connectivity index (χ0) is 12.3. The van der Waals surface area contributed by atoms with Gasteiger partial charge in [0.05, 0.1) is 0 Å². The Morgan fingerprint density at radius 1 is 1.35 bits per heavy atom. The van der Waals surface area contributed by atoms with Crippen LogP contribution >= 0.6 is 0 Å². The molecular weight excluding hydrogens is 210 g/mol. The largest absolute Gasteiger partial charge is 0.368 e. The molecule has 0 saturated heterocycles. The Bertz CT molecular complexity index is 362. The lowest BCUT2D eigenvalue weighted by Crippen LogP contribution is -2.39. The van der Waals surface area contributed by atoms with Crippen LogP contribution in [-0.2, 0) is 6.54 Å². The maximum Gasteiger partial charge on any atom is 0.0412 e. The molecule has 1 aliphatic rings. The average Bonchev–Trinajstić information content (AvgIpc) is 2.47. The van der Waals surface area contributed by atoms with Gasteiger partial charge in [-0.15, -0.1) is 0 Å². The second kappa shape index (κ2) is 5.52. The third-order valence-corrected chi connectivity index (χ3v) is 3.28. The summed E-state index contributed by atoms with van der Waals surface area (Å²) >= 11 is 0. The molecule has 1 unspecified atom stereocenters. The lowest BCUT2D eigenvalue weighted by atomic mass is 10.1. The molecule has 1 atom stereocenters. The molecule has 17 heavy (non-hydrogen) atoms. The fraction of sp³-hybridized carbons (Fsp3) is 0.571. The van der Waals surface area contributed by atoms with E-state index < -0.39 is 0 Å². The van der Waals surface area contributed by atoms with Crippen molar-refractivity contribution in [3.63, 3.8) is 0 Å². The number of nitrogens with zero attached hydrogens (tertiary/aromatic N) is 2. The molecule has 0 bridgehead atoms. The van der Waals surface area contributed by atoms with Crippen LogP contribution in [0.15, 0.2) is 24.3 Å². The maximum atomic E-state index is 3.56. The van der Waals surface area contributed by atoms with Crippen molar-refractivity contribution in [3.8, 4) is 0 Å². The predicted molar refractivity (Wildman–Crippen MR) is 73.5 cm³/mol. The van der Waals surface area contributed by atoms with E-state index >= 15 is 0 Å². The number of likely N-dealkylation sites (N-methyl/N-ethyl adjacent to an activating group) is 1. The third-order valence-electron chi connectivity index (χ3n) is 3.28. The first-order valence-corrected chi connectivity index (χ1v) is 6.38.